The smallest absolute Gasteiger partial charge is 0.0428 e. The molecule has 0 saturated carbocycles. The van der Waals surface area contributed by atoms with Crippen molar-refractivity contribution in [2.24, 2.45) is 0 Å². The lowest BCUT2D eigenvalue weighted by molar-refractivity contribution is 0.583. The van der Waals surface area contributed by atoms with E-state index in [1.165, 1.54) is 11.3 Å². The number of hydrogen-bond acceptors (Lipinski definition) is 2. The SMILES string of the molecule is CCNC(C)c1ccc(Br)cc1N(CC)C(C)CC. The van der Waals surface area contributed by atoms with E-state index in [4.69, 9.17) is 0 Å². The van der Waals surface area contributed by atoms with E-state index in [0.29, 0.717) is 12.1 Å². The summed E-state index contributed by atoms with van der Waals surface area (Å²) < 4.78 is 1.15. The zero-order valence-corrected chi connectivity index (χ0v) is 14.4. The van der Waals surface area contributed by atoms with Crippen molar-refractivity contribution in [3.05, 3.63) is 28.2 Å². The average molecular weight is 327 g/mol. The molecule has 0 aromatic heterocycles. The first-order chi connectivity index (χ1) is 9.04. The lowest BCUT2D eigenvalue weighted by atomic mass is 10.0. The van der Waals surface area contributed by atoms with E-state index in [2.05, 4.69) is 79.0 Å². The van der Waals surface area contributed by atoms with Gasteiger partial charge in [0.2, 0.25) is 0 Å². The minimum atomic E-state index is 0.381. The molecule has 3 heteroatoms. The van der Waals surface area contributed by atoms with E-state index >= 15 is 0 Å². The van der Waals surface area contributed by atoms with Crippen LogP contribution in [0.2, 0.25) is 0 Å². The number of halogens is 1. The Morgan fingerprint density at radius 1 is 1.21 bits per heavy atom. The van der Waals surface area contributed by atoms with E-state index in [9.17, 15) is 0 Å². The third-order valence-corrected chi connectivity index (χ3v) is 4.24. The fraction of sp³-hybridized carbons (Fsp3) is 0.625. The van der Waals surface area contributed by atoms with Crippen LogP contribution in [-0.2, 0) is 0 Å². The number of rotatable bonds is 7. The first-order valence-electron chi connectivity index (χ1n) is 7.34. The van der Waals surface area contributed by atoms with Crippen molar-refractivity contribution < 1.29 is 0 Å². The van der Waals surface area contributed by atoms with Crippen molar-refractivity contribution in [3.63, 3.8) is 0 Å². The topological polar surface area (TPSA) is 15.3 Å². The Kier molecular flexibility index (Phi) is 6.87. The Morgan fingerprint density at radius 2 is 1.89 bits per heavy atom. The fourth-order valence-corrected chi connectivity index (χ4v) is 2.84. The van der Waals surface area contributed by atoms with Crippen LogP contribution < -0.4 is 10.2 Å². The molecule has 0 spiro atoms. The molecule has 0 amide bonds. The summed E-state index contributed by atoms with van der Waals surface area (Å²) in [6, 6.07) is 7.56. The fourth-order valence-electron chi connectivity index (χ4n) is 2.49. The maximum Gasteiger partial charge on any atom is 0.0428 e. The summed E-state index contributed by atoms with van der Waals surface area (Å²) in [5.41, 5.74) is 2.73. The Bertz CT molecular complexity index is 392. The summed E-state index contributed by atoms with van der Waals surface area (Å²) in [6.45, 7) is 13.2. The van der Waals surface area contributed by atoms with Crippen LogP contribution in [0.1, 0.15) is 52.6 Å². The number of anilines is 1. The van der Waals surface area contributed by atoms with E-state index in [-0.39, 0.29) is 0 Å². The highest BCUT2D eigenvalue weighted by Crippen LogP contribution is 2.31. The molecule has 0 fully saturated rings. The van der Waals surface area contributed by atoms with Crippen LogP contribution in [0.5, 0.6) is 0 Å². The molecule has 1 aromatic rings. The van der Waals surface area contributed by atoms with Crippen LogP contribution in [0.15, 0.2) is 22.7 Å². The van der Waals surface area contributed by atoms with Gasteiger partial charge in [-0.3, -0.25) is 0 Å². The normalized spacial score (nSPS) is 14.2. The largest absolute Gasteiger partial charge is 0.369 e. The van der Waals surface area contributed by atoms with Crippen molar-refractivity contribution in [3.8, 4) is 0 Å². The van der Waals surface area contributed by atoms with Crippen LogP contribution in [0.4, 0.5) is 5.69 Å². The lowest BCUT2D eigenvalue weighted by Crippen LogP contribution is -2.34. The summed E-state index contributed by atoms with van der Waals surface area (Å²) in [7, 11) is 0. The zero-order valence-electron chi connectivity index (χ0n) is 12.8. The molecule has 0 aliphatic heterocycles. The number of nitrogens with one attached hydrogen (secondary N) is 1. The molecule has 19 heavy (non-hydrogen) atoms. The second-order valence-corrected chi connectivity index (χ2v) is 5.94. The Balaban J connectivity index is 3.18. The van der Waals surface area contributed by atoms with Crippen molar-refractivity contribution in [1.82, 2.24) is 5.32 Å². The third kappa shape index (κ3) is 4.22. The van der Waals surface area contributed by atoms with E-state index < -0.39 is 0 Å². The van der Waals surface area contributed by atoms with Crippen LogP contribution in [0, 0.1) is 0 Å². The van der Waals surface area contributed by atoms with Gasteiger partial charge in [0, 0.05) is 28.8 Å². The first kappa shape index (κ1) is 16.5. The molecule has 2 nitrogen and oxygen atoms in total. The van der Waals surface area contributed by atoms with Crippen molar-refractivity contribution in [2.75, 3.05) is 18.0 Å². The predicted molar refractivity (Wildman–Crippen MR) is 89.0 cm³/mol. The third-order valence-electron chi connectivity index (χ3n) is 3.74. The van der Waals surface area contributed by atoms with E-state index in [1.807, 2.05) is 0 Å². The van der Waals surface area contributed by atoms with Crippen molar-refractivity contribution in [1.29, 1.82) is 0 Å². The Morgan fingerprint density at radius 3 is 2.42 bits per heavy atom. The summed E-state index contributed by atoms with van der Waals surface area (Å²) in [6.07, 6.45) is 1.16. The minimum Gasteiger partial charge on any atom is -0.369 e. The molecule has 0 radical (unpaired) electrons. The zero-order chi connectivity index (χ0) is 14.4. The molecule has 1 N–H and O–H groups in total. The molecule has 0 heterocycles. The van der Waals surface area contributed by atoms with Gasteiger partial charge in [-0.2, -0.15) is 0 Å². The molecule has 1 aromatic carbocycles. The maximum absolute atomic E-state index is 3.61. The number of nitrogens with zero attached hydrogens (tertiary/aromatic N) is 1. The van der Waals surface area contributed by atoms with Crippen molar-refractivity contribution >= 4 is 21.6 Å². The molecule has 0 bridgehead atoms. The summed E-state index contributed by atoms with van der Waals surface area (Å²) >= 11 is 3.61. The highest BCUT2D eigenvalue weighted by Gasteiger charge is 2.18. The van der Waals surface area contributed by atoms with Crippen LogP contribution in [0.25, 0.3) is 0 Å². The highest BCUT2D eigenvalue weighted by atomic mass is 79.9. The molecule has 2 atom stereocenters. The van der Waals surface area contributed by atoms with Crippen LogP contribution in [-0.4, -0.2) is 19.1 Å². The van der Waals surface area contributed by atoms with E-state index in [1.54, 1.807) is 0 Å². The van der Waals surface area contributed by atoms with Crippen LogP contribution in [0.3, 0.4) is 0 Å². The lowest BCUT2D eigenvalue weighted by Gasteiger charge is -2.33. The second-order valence-electron chi connectivity index (χ2n) is 5.03. The number of benzene rings is 1. The quantitative estimate of drug-likeness (QED) is 0.778. The van der Waals surface area contributed by atoms with Gasteiger partial charge in [-0.05, 0) is 51.4 Å². The Labute approximate surface area is 126 Å². The molecule has 0 aliphatic rings. The van der Waals surface area contributed by atoms with Gasteiger partial charge in [0.05, 0.1) is 0 Å². The van der Waals surface area contributed by atoms with Crippen molar-refractivity contribution in [2.45, 2.75) is 53.1 Å². The van der Waals surface area contributed by atoms with Gasteiger partial charge in [0.1, 0.15) is 0 Å². The maximum atomic E-state index is 3.61. The Hall–Kier alpha value is -0.540. The van der Waals surface area contributed by atoms with Gasteiger partial charge >= 0.3 is 0 Å². The monoisotopic (exact) mass is 326 g/mol. The van der Waals surface area contributed by atoms with Gasteiger partial charge in [-0.25, -0.2) is 0 Å². The molecule has 2 unspecified atom stereocenters. The summed E-state index contributed by atoms with van der Waals surface area (Å²) in [5, 5.41) is 3.52. The van der Waals surface area contributed by atoms with Crippen LogP contribution >= 0.6 is 15.9 Å². The second kappa shape index (κ2) is 7.91. The molecular weight excluding hydrogens is 300 g/mol. The summed E-state index contributed by atoms with van der Waals surface area (Å²) in [4.78, 5) is 2.49. The highest BCUT2D eigenvalue weighted by molar-refractivity contribution is 9.10. The number of hydrogen-bond donors (Lipinski definition) is 1. The molecule has 0 aliphatic carbocycles. The van der Waals surface area contributed by atoms with Gasteiger partial charge in [-0.1, -0.05) is 35.8 Å². The summed E-state index contributed by atoms with van der Waals surface area (Å²) in [5.74, 6) is 0. The minimum absolute atomic E-state index is 0.381. The molecule has 1 rings (SSSR count). The van der Waals surface area contributed by atoms with Gasteiger partial charge in [0.15, 0.2) is 0 Å². The van der Waals surface area contributed by atoms with Gasteiger partial charge in [-0.15, -0.1) is 0 Å². The van der Waals surface area contributed by atoms with E-state index in [0.717, 1.165) is 24.0 Å². The van der Waals surface area contributed by atoms with Gasteiger partial charge < -0.3 is 10.2 Å². The first-order valence-corrected chi connectivity index (χ1v) is 8.13. The molecule has 0 saturated heterocycles. The standard InChI is InChI=1S/C16H27BrN2/c1-6-12(4)19(8-3)16-11-14(17)9-10-15(16)13(5)18-7-2/h9-13,18H,6-8H2,1-5H3. The molecular formula is C16H27BrN2. The average Bonchev–Trinajstić information content (AvgIpc) is 2.39. The predicted octanol–water partition coefficient (Wildman–Crippen LogP) is 4.74. The molecule has 108 valence electrons. The van der Waals surface area contributed by atoms with Gasteiger partial charge in [0.25, 0.3) is 0 Å².